The molecule has 0 bridgehead atoms. The van der Waals surface area contributed by atoms with E-state index in [-0.39, 0.29) is 11.6 Å². The number of fused-ring (bicyclic) bond motifs is 6. The quantitative estimate of drug-likeness (QED) is 0.205. The van der Waals surface area contributed by atoms with Gasteiger partial charge >= 0.3 is 0 Å². The second-order valence-electron chi connectivity index (χ2n) is 11.5. The smallest absolute Gasteiger partial charge is 0.193 e. The predicted molar refractivity (Wildman–Crippen MR) is 163 cm³/mol. The number of pyridine rings is 2. The van der Waals surface area contributed by atoms with Gasteiger partial charge in [0.25, 0.3) is 0 Å². The van der Waals surface area contributed by atoms with Crippen molar-refractivity contribution in [3.8, 4) is 33.6 Å². The molecule has 5 aromatic rings. The van der Waals surface area contributed by atoms with E-state index in [9.17, 15) is 0 Å². The van der Waals surface area contributed by atoms with Crippen LogP contribution in [0.25, 0.3) is 33.6 Å². The first kappa shape index (κ1) is 25.0. The van der Waals surface area contributed by atoms with Crippen LogP contribution in [0.1, 0.15) is 68.7 Å². The van der Waals surface area contributed by atoms with Crippen LogP contribution in [0.15, 0.2) is 116 Å². The Morgan fingerprint density at radius 3 is 2.05 bits per heavy atom. The van der Waals surface area contributed by atoms with Gasteiger partial charge in [-0.15, -0.1) is 0 Å². The average Bonchev–Trinajstić information content (AvgIpc) is 3.28. The summed E-state index contributed by atoms with van der Waals surface area (Å²) in [4.78, 5) is 0. The Morgan fingerprint density at radius 2 is 1.32 bits per heavy atom. The molecule has 0 radical (unpaired) electrons. The fourth-order valence-corrected chi connectivity index (χ4v) is 7.68. The molecule has 0 amide bonds. The summed E-state index contributed by atoms with van der Waals surface area (Å²) in [6.45, 7) is 7.04. The molecule has 0 N–H and O–H groups in total. The zero-order chi connectivity index (χ0) is 27.3. The van der Waals surface area contributed by atoms with Crippen LogP contribution in [0.2, 0.25) is 0 Å². The lowest BCUT2D eigenvalue weighted by Gasteiger charge is -2.30. The highest BCUT2D eigenvalue weighted by Crippen LogP contribution is 2.50. The maximum atomic E-state index is 2.63. The third-order valence-electron chi connectivity index (χ3n) is 9.83. The highest BCUT2D eigenvalue weighted by molar-refractivity contribution is 5.72. The normalized spacial score (nSPS) is 18.3. The summed E-state index contributed by atoms with van der Waals surface area (Å²) in [6.07, 6.45) is 9.11. The number of aromatic nitrogens is 2. The van der Waals surface area contributed by atoms with Gasteiger partial charge in [0, 0.05) is 54.2 Å². The van der Waals surface area contributed by atoms with Crippen molar-refractivity contribution in [2.24, 2.45) is 0 Å². The number of hydrogen-bond acceptors (Lipinski definition) is 0. The minimum atomic E-state index is 0.0458. The maximum absolute atomic E-state index is 2.63. The number of aryl methyl sites for hydroxylation is 1. The molecule has 40 heavy (non-hydrogen) atoms. The molecule has 0 spiro atoms. The van der Waals surface area contributed by atoms with Crippen LogP contribution in [-0.2, 0) is 12.0 Å². The van der Waals surface area contributed by atoms with Crippen LogP contribution >= 0.6 is 0 Å². The van der Waals surface area contributed by atoms with Gasteiger partial charge in [0.05, 0.1) is 11.5 Å². The Hall–Kier alpha value is -4.04. The molecule has 0 fully saturated rings. The summed E-state index contributed by atoms with van der Waals surface area (Å²) in [5.41, 5.74) is 12.5. The molecule has 7 rings (SSSR count). The SMILES string of the molecule is CCc1cc2[n+](cc1-c1ccccc1)C(C1CC(CC)(CC)[n+]3ccccc3-c3ccccc31)c1ccccc1-2. The molecule has 0 aliphatic carbocycles. The lowest BCUT2D eigenvalue weighted by atomic mass is 9.75. The molecule has 4 heterocycles. The summed E-state index contributed by atoms with van der Waals surface area (Å²) < 4.78 is 5.23. The summed E-state index contributed by atoms with van der Waals surface area (Å²) in [5, 5.41) is 0. The molecule has 0 saturated heterocycles. The standard InChI is InChI=1S/C38H38N2/c1-4-27-24-36-31-20-12-13-21-32(31)37(39(36)26-34(27)28-16-8-7-9-17-28)33-25-38(5-2,6-3)40-23-15-14-22-35(40)30-19-11-10-18-29(30)33/h7-24,26,33,37H,4-6,25H2,1-3H3/q+2. The third-order valence-corrected chi connectivity index (χ3v) is 9.83. The van der Waals surface area contributed by atoms with Crippen molar-refractivity contribution in [1.82, 2.24) is 0 Å². The minimum absolute atomic E-state index is 0.0458. The third kappa shape index (κ3) is 3.69. The summed E-state index contributed by atoms with van der Waals surface area (Å²) >= 11 is 0. The van der Waals surface area contributed by atoms with Crippen molar-refractivity contribution in [3.05, 3.63) is 132 Å². The fraction of sp³-hybridized carbons (Fsp3) is 0.263. The van der Waals surface area contributed by atoms with Crippen molar-refractivity contribution < 1.29 is 9.13 Å². The lowest BCUT2D eigenvalue weighted by Crippen LogP contribution is -2.57. The van der Waals surface area contributed by atoms with Crippen LogP contribution < -0.4 is 9.13 Å². The Balaban J connectivity index is 1.51. The van der Waals surface area contributed by atoms with Gasteiger partial charge in [-0.25, -0.2) is 0 Å². The number of hydrogen-bond donors (Lipinski definition) is 0. The molecule has 2 aromatic heterocycles. The lowest BCUT2D eigenvalue weighted by molar-refractivity contribution is -0.760. The molecular weight excluding hydrogens is 484 g/mol. The second kappa shape index (κ2) is 9.86. The number of nitrogens with zero attached hydrogens (tertiary/aromatic N) is 2. The monoisotopic (exact) mass is 522 g/mol. The first-order valence-electron chi connectivity index (χ1n) is 15.0. The minimum Gasteiger partial charge on any atom is -0.193 e. The van der Waals surface area contributed by atoms with Crippen LogP contribution in [0.4, 0.5) is 0 Å². The summed E-state index contributed by atoms with van der Waals surface area (Å²) in [6, 6.07) is 38.7. The molecule has 3 aromatic carbocycles. The zero-order valence-corrected chi connectivity index (χ0v) is 23.8. The molecule has 198 valence electrons. The van der Waals surface area contributed by atoms with Gasteiger partial charge in [0.15, 0.2) is 24.0 Å². The van der Waals surface area contributed by atoms with E-state index in [1.54, 1.807) is 0 Å². The maximum Gasteiger partial charge on any atom is 0.213 e. The molecule has 2 nitrogen and oxygen atoms in total. The van der Waals surface area contributed by atoms with Crippen LogP contribution in [-0.4, -0.2) is 0 Å². The largest absolute Gasteiger partial charge is 0.213 e. The Bertz CT molecular complexity index is 1700. The Morgan fingerprint density at radius 1 is 0.675 bits per heavy atom. The predicted octanol–water partition coefficient (Wildman–Crippen LogP) is 8.43. The first-order valence-corrected chi connectivity index (χ1v) is 15.0. The van der Waals surface area contributed by atoms with Gasteiger partial charge < -0.3 is 0 Å². The molecule has 2 atom stereocenters. The van der Waals surface area contributed by atoms with Crippen molar-refractivity contribution >= 4 is 0 Å². The van der Waals surface area contributed by atoms with E-state index in [1.807, 2.05) is 0 Å². The van der Waals surface area contributed by atoms with E-state index >= 15 is 0 Å². The topological polar surface area (TPSA) is 7.76 Å². The first-order chi connectivity index (χ1) is 19.7. The van der Waals surface area contributed by atoms with E-state index in [1.165, 1.54) is 50.3 Å². The zero-order valence-electron chi connectivity index (χ0n) is 23.8. The fourth-order valence-electron chi connectivity index (χ4n) is 7.68. The van der Waals surface area contributed by atoms with Crippen LogP contribution in [0.5, 0.6) is 0 Å². The van der Waals surface area contributed by atoms with E-state index in [0.29, 0.717) is 5.92 Å². The van der Waals surface area contributed by atoms with E-state index in [4.69, 9.17) is 0 Å². The Kier molecular flexibility index (Phi) is 6.15. The highest BCUT2D eigenvalue weighted by Gasteiger charge is 2.51. The highest BCUT2D eigenvalue weighted by atomic mass is 15.1. The number of benzene rings is 3. The van der Waals surface area contributed by atoms with Crippen molar-refractivity contribution in [2.75, 3.05) is 0 Å². The van der Waals surface area contributed by atoms with Gasteiger partial charge in [-0.3, -0.25) is 0 Å². The Labute approximate surface area is 238 Å². The molecule has 0 saturated carbocycles. The van der Waals surface area contributed by atoms with Crippen molar-refractivity contribution in [2.45, 2.75) is 64.0 Å². The number of rotatable bonds is 5. The van der Waals surface area contributed by atoms with E-state index in [2.05, 4.69) is 145 Å². The molecule has 2 heteroatoms. The van der Waals surface area contributed by atoms with Crippen molar-refractivity contribution in [3.63, 3.8) is 0 Å². The second-order valence-corrected chi connectivity index (χ2v) is 11.5. The van der Waals surface area contributed by atoms with Gasteiger partial charge in [0.2, 0.25) is 11.4 Å². The molecule has 2 aliphatic rings. The molecule has 2 aliphatic heterocycles. The summed E-state index contributed by atoms with van der Waals surface area (Å²) in [7, 11) is 0. The van der Waals surface area contributed by atoms with Gasteiger partial charge in [0.1, 0.15) is 0 Å². The van der Waals surface area contributed by atoms with Crippen LogP contribution in [0, 0.1) is 0 Å². The van der Waals surface area contributed by atoms with Crippen molar-refractivity contribution in [1.29, 1.82) is 0 Å². The van der Waals surface area contributed by atoms with E-state index < -0.39 is 0 Å². The van der Waals surface area contributed by atoms with E-state index in [0.717, 1.165) is 25.7 Å². The molecular formula is C38H38N2+2. The van der Waals surface area contributed by atoms with Gasteiger partial charge in [-0.2, -0.15) is 9.13 Å². The average molecular weight is 523 g/mol. The van der Waals surface area contributed by atoms with Gasteiger partial charge in [-0.1, -0.05) is 87.5 Å². The molecule has 2 unspecified atom stereocenters. The summed E-state index contributed by atoms with van der Waals surface area (Å²) in [5.74, 6) is 0.333. The van der Waals surface area contributed by atoms with Crippen LogP contribution in [0.3, 0.4) is 0 Å². The van der Waals surface area contributed by atoms with Gasteiger partial charge in [-0.05, 0) is 41.3 Å².